The summed E-state index contributed by atoms with van der Waals surface area (Å²) in [5, 5.41) is 5.07. The monoisotopic (exact) mass is 347 g/mol. The summed E-state index contributed by atoms with van der Waals surface area (Å²) in [7, 11) is 0. The summed E-state index contributed by atoms with van der Waals surface area (Å²) in [5.74, 6) is 1.18. The van der Waals surface area contributed by atoms with Gasteiger partial charge in [-0.3, -0.25) is 4.79 Å². The maximum atomic E-state index is 12.6. The zero-order chi connectivity index (χ0) is 17.1. The van der Waals surface area contributed by atoms with Crippen molar-refractivity contribution >= 4 is 23.4 Å². The Morgan fingerprint density at radius 2 is 2.04 bits per heavy atom. The highest BCUT2D eigenvalue weighted by molar-refractivity contribution is 7.99. The summed E-state index contributed by atoms with van der Waals surface area (Å²) < 4.78 is 1.73. The van der Waals surface area contributed by atoms with Crippen LogP contribution in [-0.4, -0.2) is 48.7 Å². The first-order chi connectivity index (χ1) is 11.6. The van der Waals surface area contributed by atoms with Crippen molar-refractivity contribution < 1.29 is 4.79 Å². The van der Waals surface area contributed by atoms with Crippen LogP contribution in [0.2, 0.25) is 0 Å². The second kappa shape index (κ2) is 7.51. The van der Waals surface area contributed by atoms with Crippen LogP contribution in [0.3, 0.4) is 0 Å². The van der Waals surface area contributed by atoms with Crippen LogP contribution in [0, 0.1) is 13.8 Å². The highest BCUT2D eigenvalue weighted by Gasteiger charge is 2.24. The average Bonchev–Trinajstić information content (AvgIpc) is 2.98. The molecule has 1 fully saturated rings. The standard InChI is InChI=1S/C17H25N5OS/c1-4-21(14-8-6-5-7-9-14)15(23)11-24-17-19-16-18-12(2)10-13(3)22(16)20-17/h10,14H,4-9,11H2,1-3H3. The Hall–Kier alpha value is -1.63. The quantitative estimate of drug-likeness (QED) is 0.778. The van der Waals surface area contributed by atoms with E-state index in [1.807, 2.05) is 24.8 Å². The molecule has 0 radical (unpaired) electrons. The van der Waals surface area contributed by atoms with Crippen LogP contribution in [0.25, 0.3) is 5.78 Å². The number of hydrogen-bond donors (Lipinski definition) is 0. The van der Waals surface area contributed by atoms with Crippen LogP contribution in [0.15, 0.2) is 11.2 Å². The Labute approximate surface area is 147 Å². The molecule has 24 heavy (non-hydrogen) atoms. The number of carbonyl (C=O) groups excluding carboxylic acids is 1. The third kappa shape index (κ3) is 3.71. The minimum Gasteiger partial charge on any atom is -0.339 e. The fourth-order valence-electron chi connectivity index (χ4n) is 3.45. The number of fused-ring (bicyclic) bond motifs is 1. The lowest BCUT2D eigenvalue weighted by Crippen LogP contribution is -2.42. The van der Waals surface area contributed by atoms with E-state index in [1.54, 1.807) is 4.52 Å². The van der Waals surface area contributed by atoms with Gasteiger partial charge in [0.1, 0.15) is 0 Å². The predicted molar refractivity (Wildman–Crippen MR) is 95.2 cm³/mol. The third-order valence-corrected chi connectivity index (χ3v) is 5.42. The van der Waals surface area contributed by atoms with Gasteiger partial charge in [-0.15, -0.1) is 5.10 Å². The van der Waals surface area contributed by atoms with E-state index in [-0.39, 0.29) is 5.91 Å². The SMILES string of the molecule is CCN(C(=O)CSc1nc2nc(C)cc(C)n2n1)C1CCCCC1. The molecule has 0 N–H and O–H groups in total. The molecule has 0 atom stereocenters. The molecule has 6 nitrogen and oxygen atoms in total. The Balaban J connectivity index is 1.66. The fraction of sp³-hybridized carbons (Fsp3) is 0.647. The van der Waals surface area contributed by atoms with Crippen molar-refractivity contribution in [2.24, 2.45) is 0 Å². The maximum Gasteiger partial charge on any atom is 0.253 e. The van der Waals surface area contributed by atoms with Gasteiger partial charge in [0, 0.05) is 24.0 Å². The molecule has 0 aromatic carbocycles. The van der Waals surface area contributed by atoms with Crippen LogP contribution in [-0.2, 0) is 4.79 Å². The Morgan fingerprint density at radius 3 is 2.75 bits per heavy atom. The molecule has 130 valence electrons. The number of rotatable bonds is 5. The Morgan fingerprint density at radius 1 is 1.29 bits per heavy atom. The average molecular weight is 347 g/mol. The molecule has 1 aliphatic rings. The van der Waals surface area contributed by atoms with Gasteiger partial charge in [0.25, 0.3) is 5.78 Å². The van der Waals surface area contributed by atoms with Gasteiger partial charge in [0.2, 0.25) is 11.1 Å². The van der Waals surface area contributed by atoms with Gasteiger partial charge >= 0.3 is 0 Å². The molecule has 1 amide bonds. The first-order valence-corrected chi connectivity index (χ1v) is 9.70. The number of thioether (sulfide) groups is 1. The molecule has 0 unspecified atom stereocenters. The lowest BCUT2D eigenvalue weighted by molar-refractivity contribution is -0.131. The first kappa shape index (κ1) is 17.2. The number of hydrogen-bond acceptors (Lipinski definition) is 5. The lowest BCUT2D eigenvalue weighted by Gasteiger charge is -2.33. The Kier molecular flexibility index (Phi) is 5.38. The van der Waals surface area contributed by atoms with Gasteiger partial charge in [-0.25, -0.2) is 9.50 Å². The van der Waals surface area contributed by atoms with Crippen molar-refractivity contribution in [3.8, 4) is 0 Å². The summed E-state index contributed by atoms with van der Waals surface area (Å²) in [6, 6.07) is 2.39. The number of aromatic nitrogens is 4. The van der Waals surface area contributed by atoms with Gasteiger partial charge in [-0.2, -0.15) is 4.98 Å². The largest absolute Gasteiger partial charge is 0.339 e. The summed E-state index contributed by atoms with van der Waals surface area (Å²) >= 11 is 1.40. The number of amides is 1. The number of aryl methyl sites for hydroxylation is 2. The Bertz CT molecular complexity index is 723. The normalized spacial score (nSPS) is 15.8. The maximum absolute atomic E-state index is 12.6. The van der Waals surface area contributed by atoms with Crippen molar-refractivity contribution in [3.05, 3.63) is 17.5 Å². The van der Waals surface area contributed by atoms with E-state index in [0.717, 1.165) is 30.8 Å². The minimum atomic E-state index is 0.189. The van der Waals surface area contributed by atoms with Crippen LogP contribution < -0.4 is 0 Å². The number of nitrogens with zero attached hydrogens (tertiary/aromatic N) is 5. The highest BCUT2D eigenvalue weighted by atomic mass is 32.2. The molecule has 3 rings (SSSR count). The molecular weight excluding hydrogens is 322 g/mol. The van der Waals surface area contributed by atoms with Crippen LogP contribution in [0.5, 0.6) is 0 Å². The van der Waals surface area contributed by atoms with Crippen molar-refractivity contribution in [1.29, 1.82) is 0 Å². The minimum absolute atomic E-state index is 0.189. The second-order valence-electron chi connectivity index (χ2n) is 6.41. The van der Waals surface area contributed by atoms with Gasteiger partial charge in [-0.05, 0) is 39.7 Å². The molecule has 0 spiro atoms. The molecule has 1 aliphatic carbocycles. The summed E-state index contributed by atoms with van der Waals surface area (Å²) in [4.78, 5) is 23.5. The highest BCUT2D eigenvalue weighted by Crippen LogP contribution is 2.24. The van der Waals surface area contributed by atoms with Crippen LogP contribution in [0.1, 0.15) is 50.4 Å². The van der Waals surface area contributed by atoms with Crippen molar-refractivity contribution in [2.45, 2.75) is 64.1 Å². The van der Waals surface area contributed by atoms with Gasteiger partial charge in [0.15, 0.2) is 0 Å². The predicted octanol–water partition coefficient (Wildman–Crippen LogP) is 3.01. The van der Waals surface area contributed by atoms with Crippen molar-refractivity contribution in [1.82, 2.24) is 24.5 Å². The van der Waals surface area contributed by atoms with Crippen molar-refractivity contribution in [2.75, 3.05) is 12.3 Å². The van der Waals surface area contributed by atoms with E-state index in [2.05, 4.69) is 22.0 Å². The lowest BCUT2D eigenvalue weighted by atomic mass is 9.94. The second-order valence-corrected chi connectivity index (χ2v) is 7.35. The van der Waals surface area contributed by atoms with E-state index in [0.29, 0.717) is 22.7 Å². The molecule has 0 saturated heterocycles. The van der Waals surface area contributed by atoms with Crippen LogP contribution >= 0.6 is 11.8 Å². The molecule has 0 aliphatic heterocycles. The molecule has 1 saturated carbocycles. The molecule has 7 heteroatoms. The summed E-state index contributed by atoms with van der Waals surface area (Å²) in [6.45, 7) is 6.78. The van der Waals surface area contributed by atoms with E-state index < -0.39 is 0 Å². The van der Waals surface area contributed by atoms with Gasteiger partial charge in [0.05, 0.1) is 5.75 Å². The van der Waals surface area contributed by atoms with E-state index in [9.17, 15) is 4.79 Å². The molecule has 2 heterocycles. The zero-order valence-corrected chi connectivity index (χ0v) is 15.5. The molecule has 2 aromatic rings. The fourth-order valence-corrected chi connectivity index (χ4v) is 4.15. The van der Waals surface area contributed by atoms with E-state index >= 15 is 0 Å². The summed E-state index contributed by atoms with van der Waals surface area (Å²) in [6.07, 6.45) is 6.05. The van der Waals surface area contributed by atoms with E-state index in [4.69, 9.17) is 0 Å². The third-order valence-electron chi connectivity index (χ3n) is 4.60. The number of carbonyl (C=O) groups is 1. The molecule has 0 bridgehead atoms. The van der Waals surface area contributed by atoms with E-state index in [1.165, 1.54) is 31.0 Å². The topological polar surface area (TPSA) is 63.4 Å². The van der Waals surface area contributed by atoms with Gasteiger partial charge < -0.3 is 4.90 Å². The smallest absolute Gasteiger partial charge is 0.253 e. The molecular formula is C17H25N5OS. The first-order valence-electron chi connectivity index (χ1n) is 8.71. The zero-order valence-electron chi connectivity index (χ0n) is 14.7. The van der Waals surface area contributed by atoms with Gasteiger partial charge in [-0.1, -0.05) is 31.0 Å². The van der Waals surface area contributed by atoms with Crippen molar-refractivity contribution in [3.63, 3.8) is 0 Å². The molecule has 2 aromatic heterocycles. The van der Waals surface area contributed by atoms with Crippen LogP contribution in [0.4, 0.5) is 0 Å². The summed E-state index contributed by atoms with van der Waals surface area (Å²) in [5.41, 5.74) is 1.93.